The lowest BCUT2D eigenvalue weighted by atomic mass is 9.80. The molecule has 0 aliphatic carbocycles. The first-order valence-electron chi connectivity index (χ1n) is 9.82. The van der Waals surface area contributed by atoms with Gasteiger partial charge in [-0.1, -0.05) is 26.8 Å². The number of esters is 1. The maximum absolute atomic E-state index is 13.2. The smallest absolute Gasteiger partial charge is 0.416 e. The quantitative estimate of drug-likeness (QED) is 0.511. The summed E-state index contributed by atoms with van der Waals surface area (Å²) in [7, 11) is 0. The Morgan fingerprint density at radius 1 is 1.07 bits per heavy atom. The first-order chi connectivity index (χ1) is 13.2. The zero-order chi connectivity index (χ0) is 22.5. The van der Waals surface area contributed by atoms with Crippen molar-refractivity contribution in [1.29, 1.82) is 0 Å². The zero-order valence-electron chi connectivity index (χ0n) is 18.2. The lowest BCUT2D eigenvalue weighted by molar-refractivity contribution is -0.143. The van der Waals surface area contributed by atoms with Crippen molar-refractivity contribution in [3.8, 4) is 0 Å². The van der Waals surface area contributed by atoms with E-state index in [1.54, 1.807) is 11.8 Å². The largest absolute Gasteiger partial charge is 0.466 e. The van der Waals surface area contributed by atoms with Crippen molar-refractivity contribution in [3.63, 3.8) is 0 Å². The van der Waals surface area contributed by atoms with E-state index in [0.29, 0.717) is 12.8 Å². The summed E-state index contributed by atoms with van der Waals surface area (Å²) in [6.07, 6.45) is -3.36. The highest BCUT2D eigenvalue weighted by atomic mass is 19.4. The molecule has 0 bridgehead atoms. The van der Waals surface area contributed by atoms with E-state index in [-0.39, 0.29) is 36.5 Å². The Bertz CT molecular complexity index is 706. The van der Waals surface area contributed by atoms with Crippen molar-refractivity contribution < 1.29 is 27.5 Å². The molecule has 29 heavy (non-hydrogen) atoms. The van der Waals surface area contributed by atoms with Gasteiger partial charge in [0.1, 0.15) is 0 Å². The van der Waals surface area contributed by atoms with Crippen LogP contribution in [0.2, 0.25) is 0 Å². The summed E-state index contributed by atoms with van der Waals surface area (Å²) < 4.78 is 44.2. The van der Waals surface area contributed by atoms with Gasteiger partial charge in [0.25, 0.3) is 5.91 Å². The minimum absolute atomic E-state index is 0.0158. The summed E-state index contributed by atoms with van der Waals surface area (Å²) in [6, 6.07) is 4.46. The highest BCUT2D eigenvalue weighted by molar-refractivity contribution is 5.95. The fourth-order valence-corrected chi connectivity index (χ4v) is 3.67. The molecule has 0 aliphatic heterocycles. The molecular formula is C22H32F3NO3. The van der Waals surface area contributed by atoms with Crippen LogP contribution in [-0.2, 0) is 15.7 Å². The van der Waals surface area contributed by atoms with Gasteiger partial charge in [0, 0.05) is 24.1 Å². The van der Waals surface area contributed by atoms with Gasteiger partial charge < -0.3 is 9.64 Å². The molecule has 7 heteroatoms. The molecule has 1 aromatic rings. The SMILES string of the molecule is CCOC(=O)CCCN(C(=O)c1cccc(C(F)(F)F)c1)C(C)(C)CC(C)(C)C. The number of carbonyl (C=O) groups is 2. The molecule has 0 atom stereocenters. The van der Waals surface area contributed by atoms with Crippen LogP contribution in [0.15, 0.2) is 24.3 Å². The van der Waals surface area contributed by atoms with Crippen LogP contribution in [0.4, 0.5) is 13.2 Å². The van der Waals surface area contributed by atoms with Crippen molar-refractivity contribution in [1.82, 2.24) is 4.90 Å². The minimum Gasteiger partial charge on any atom is -0.466 e. The van der Waals surface area contributed by atoms with Crippen molar-refractivity contribution >= 4 is 11.9 Å². The average molecular weight is 415 g/mol. The van der Waals surface area contributed by atoms with Crippen LogP contribution in [0, 0.1) is 5.41 Å². The van der Waals surface area contributed by atoms with Crippen LogP contribution < -0.4 is 0 Å². The Morgan fingerprint density at radius 3 is 2.21 bits per heavy atom. The summed E-state index contributed by atoms with van der Waals surface area (Å²) >= 11 is 0. The summed E-state index contributed by atoms with van der Waals surface area (Å²) in [5.41, 5.74) is -1.59. The van der Waals surface area contributed by atoms with Crippen LogP contribution >= 0.6 is 0 Å². The van der Waals surface area contributed by atoms with Gasteiger partial charge >= 0.3 is 12.1 Å². The summed E-state index contributed by atoms with van der Waals surface area (Å²) in [4.78, 5) is 26.4. The second-order valence-corrected chi connectivity index (χ2v) is 8.99. The third kappa shape index (κ3) is 8.07. The van der Waals surface area contributed by atoms with Gasteiger partial charge in [0.05, 0.1) is 12.2 Å². The van der Waals surface area contributed by atoms with Crippen LogP contribution in [0.5, 0.6) is 0 Å². The van der Waals surface area contributed by atoms with E-state index in [9.17, 15) is 22.8 Å². The number of nitrogens with zero attached hydrogens (tertiary/aromatic N) is 1. The third-order valence-electron chi connectivity index (χ3n) is 4.44. The Morgan fingerprint density at radius 2 is 1.69 bits per heavy atom. The molecule has 0 radical (unpaired) electrons. The molecule has 1 amide bonds. The van der Waals surface area contributed by atoms with Gasteiger partial charge in [-0.05, 0) is 57.2 Å². The Hall–Kier alpha value is -2.05. The lowest BCUT2D eigenvalue weighted by Crippen LogP contribution is -2.50. The standard InChI is InChI=1S/C22H32F3NO3/c1-7-29-18(27)12-9-13-26(21(5,6)15-20(2,3)4)19(28)16-10-8-11-17(14-16)22(23,24)25/h8,10-11,14H,7,9,12-13,15H2,1-6H3. The number of carbonyl (C=O) groups excluding carboxylic acids is 2. The second-order valence-electron chi connectivity index (χ2n) is 8.99. The Balaban J connectivity index is 3.15. The molecule has 0 unspecified atom stereocenters. The first kappa shape index (κ1) is 25.0. The van der Waals surface area contributed by atoms with Gasteiger partial charge in [-0.2, -0.15) is 13.2 Å². The van der Waals surface area contributed by atoms with Gasteiger partial charge in [0.15, 0.2) is 0 Å². The molecule has 4 nitrogen and oxygen atoms in total. The predicted octanol–water partition coefficient (Wildman–Crippen LogP) is 5.71. The molecule has 0 saturated carbocycles. The van der Waals surface area contributed by atoms with E-state index in [0.717, 1.165) is 12.1 Å². The molecule has 1 rings (SSSR count). The molecule has 0 saturated heterocycles. The van der Waals surface area contributed by atoms with Gasteiger partial charge in [-0.15, -0.1) is 0 Å². The van der Waals surface area contributed by atoms with E-state index >= 15 is 0 Å². The summed E-state index contributed by atoms with van der Waals surface area (Å²) in [6.45, 7) is 12.2. The van der Waals surface area contributed by atoms with Gasteiger partial charge in [-0.25, -0.2) is 0 Å². The van der Waals surface area contributed by atoms with E-state index in [4.69, 9.17) is 4.74 Å². The van der Waals surface area contributed by atoms with E-state index < -0.39 is 23.2 Å². The summed E-state index contributed by atoms with van der Waals surface area (Å²) in [5.74, 6) is -0.832. The number of hydrogen-bond acceptors (Lipinski definition) is 3. The van der Waals surface area contributed by atoms with Crippen molar-refractivity contribution in [2.45, 2.75) is 72.5 Å². The fourth-order valence-electron chi connectivity index (χ4n) is 3.67. The topological polar surface area (TPSA) is 46.6 Å². The molecule has 0 N–H and O–H groups in total. The molecule has 0 heterocycles. The maximum atomic E-state index is 13.2. The summed E-state index contributed by atoms with van der Waals surface area (Å²) in [5, 5.41) is 0. The first-order valence-corrected chi connectivity index (χ1v) is 9.82. The number of halogens is 3. The Labute approximate surface area is 171 Å². The van der Waals surface area contributed by atoms with E-state index in [1.807, 2.05) is 34.6 Å². The molecule has 0 fully saturated rings. The van der Waals surface area contributed by atoms with Crippen LogP contribution in [0.1, 0.15) is 76.7 Å². The minimum atomic E-state index is -4.52. The maximum Gasteiger partial charge on any atom is 0.416 e. The molecule has 0 spiro atoms. The molecule has 164 valence electrons. The Kier molecular flexibility index (Phi) is 8.30. The van der Waals surface area contributed by atoms with Gasteiger partial charge in [-0.3, -0.25) is 9.59 Å². The number of rotatable bonds is 8. The lowest BCUT2D eigenvalue weighted by Gasteiger charge is -2.42. The predicted molar refractivity (Wildman–Crippen MR) is 106 cm³/mol. The monoisotopic (exact) mass is 415 g/mol. The third-order valence-corrected chi connectivity index (χ3v) is 4.44. The highest BCUT2D eigenvalue weighted by Crippen LogP contribution is 2.34. The van der Waals surface area contributed by atoms with Crippen molar-refractivity contribution in [2.24, 2.45) is 5.41 Å². The number of benzene rings is 1. The number of alkyl halides is 3. The van der Waals surface area contributed by atoms with Crippen LogP contribution in [0.25, 0.3) is 0 Å². The van der Waals surface area contributed by atoms with E-state index in [1.165, 1.54) is 12.1 Å². The van der Waals surface area contributed by atoms with Crippen LogP contribution in [-0.4, -0.2) is 35.5 Å². The molecule has 0 aromatic heterocycles. The van der Waals surface area contributed by atoms with Gasteiger partial charge in [0.2, 0.25) is 0 Å². The van der Waals surface area contributed by atoms with Crippen LogP contribution in [0.3, 0.4) is 0 Å². The fraction of sp³-hybridized carbons (Fsp3) is 0.636. The normalized spacial score (nSPS) is 12.6. The number of hydrogen-bond donors (Lipinski definition) is 0. The molecule has 0 aliphatic rings. The average Bonchev–Trinajstić information content (AvgIpc) is 2.55. The molecular weight excluding hydrogens is 383 g/mol. The highest BCUT2D eigenvalue weighted by Gasteiger charge is 2.36. The van der Waals surface area contributed by atoms with E-state index in [2.05, 4.69) is 0 Å². The zero-order valence-corrected chi connectivity index (χ0v) is 18.2. The van der Waals surface area contributed by atoms with Crippen molar-refractivity contribution in [3.05, 3.63) is 35.4 Å². The second kappa shape index (κ2) is 9.63. The van der Waals surface area contributed by atoms with Crippen molar-refractivity contribution in [2.75, 3.05) is 13.2 Å². The number of ether oxygens (including phenoxy) is 1. The number of amides is 1. The molecule has 1 aromatic carbocycles.